The number of rotatable bonds is 9. The number of anilines is 1. The van der Waals surface area contributed by atoms with Crippen molar-refractivity contribution in [3.05, 3.63) is 188 Å². The maximum atomic E-state index is 14.6. The van der Waals surface area contributed by atoms with E-state index in [4.69, 9.17) is 34.7 Å². The van der Waals surface area contributed by atoms with Gasteiger partial charge in [0.25, 0.3) is 11.6 Å². The molecule has 0 bridgehead atoms. The predicted molar refractivity (Wildman–Crippen MR) is 222 cm³/mol. The highest BCUT2D eigenvalue weighted by Gasteiger charge is 2.27. The summed E-state index contributed by atoms with van der Waals surface area (Å²) in [6.07, 6.45) is 0. The van der Waals surface area contributed by atoms with Gasteiger partial charge in [0.1, 0.15) is 23.0 Å². The number of halogens is 4. The van der Waals surface area contributed by atoms with E-state index in [1.165, 1.54) is 47.0 Å². The SMILES string of the molecule is NC(=O)c1c(-c2ccccc2F)c2cc(Cl)ccc2n1Cc1cccc(N)c1.O=C(O)c1c(-c2ccccc2F)c2cc(Cl)ccc2n1Cc1cccc([N+](=O)[O-])c1. The maximum Gasteiger partial charge on any atom is 0.353 e. The van der Waals surface area contributed by atoms with Gasteiger partial charge in [-0.1, -0.05) is 83.9 Å². The number of hydrogen-bond donors (Lipinski definition) is 3. The fourth-order valence-electron chi connectivity index (χ4n) is 7.16. The fourth-order valence-corrected chi connectivity index (χ4v) is 7.50. The molecule has 0 atom stereocenters. The van der Waals surface area contributed by atoms with Crippen LogP contribution in [0, 0.1) is 21.7 Å². The van der Waals surface area contributed by atoms with Crippen LogP contribution < -0.4 is 11.5 Å². The van der Waals surface area contributed by atoms with Gasteiger partial charge < -0.3 is 25.7 Å². The van der Waals surface area contributed by atoms with Crippen LogP contribution in [0.5, 0.6) is 0 Å². The number of nitrogens with two attached hydrogens (primary N) is 2. The zero-order valence-corrected chi connectivity index (χ0v) is 31.7. The first kappa shape index (κ1) is 39.2. The number of primary amides is 1. The predicted octanol–water partition coefficient (Wildman–Crippen LogP) is 10.6. The van der Waals surface area contributed by atoms with Gasteiger partial charge in [-0.25, -0.2) is 13.6 Å². The number of fused-ring (bicyclic) bond motifs is 2. The van der Waals surface area contributed by atoms with Gasteiger partial charge in [0, 0.05) is 85.0 Å². The molecular formula is C44H31Cl2F2N5O5. The Hall–Kier alpha value is -7.02. The number of carboxylic acid groups (broad SMARTS) is 1. The first-order chi connectivity index (χ1) is 27.8. The molecule has 0 radical (unpaired) electrons. The second kappa shape index (κ2) is 16.2. The Balaban J connectivity index is 0.000000177. The number of hydrogen-bond acceptors (Lipinski definition) is 5. The lowest BCUT2D eigenvalue weighted by Gasteiger charge is -2.11. The Bertz CT molecular complexity index is 2930. The summed E-state index contributed by atoms with van der Waals surface area (Å²) in [4.78, 5) is 35.3. The second-order valence-electron chi connectivity index (χ2n) is 13.2. The molecule has 8 aromatic rings. The molecule has 6 aromatic carbocycles. The van der Waals surface area contributed by atoms with Crippen molar-refractivity contribution in [2.24, 2.45) is 5.73 Å². The summed E-state index contributed by atoms with van der Waals surface area (Å²) in [7, 11) is 0. The summed E-state index contributed by atoms with van der Waals surface area (Å²) < 4.78 is 32.5. The molecule has 5 N–H and O–H groups in total. The van der Waals surface area contributed by atoms with Crippen molar-refractivity contribution in [3.63, 3.8) is 0 Å². The summed E-state index contributed by atoms with van der Waals surface area (Å²) in [5, 5.41) is 23.1. The Morgan fingerprint density at radius 1 is 0.655 bits per heavy atom. The van der Waals surface area contributed by atoms with Crippen molar-refractivity contribution < 1.29 is 28.4 Å². The number of nitro benzene ring substituents is 1. The minimum absolute atomic E-state index is 0.0515. The van der Waals surface area contributed by atoms with Crippen molar-refractivity contribution in [3.8, 4) is 22.3 Å². The van der Waals surface area contributed by atoms with Crippen LogP contribution in [0.3, 0.4) is 0 Å². The van der Waals surface area contributed by atoms with E-state index < -0.39 is 28.4 Å². The number of aromatic nitrogens is 2. The Morgan fingerprint density at radius 2 is 1.14 bits per heavy atom. The minimum Gasteiger partial charge on any atom is -0.477 e. The van der Waals surface area contributed by atoms with E-state index in [0.717, 1.165) is 11.1 Å². The molecule has 0 aliphatic rings. The molecule has 58 heavy (non-hydrogen) atoms. The van der Waals surface area contributed by atoms with Gasteiger partial charge in [0.05, 0.1) is 4.92 Å². The summed E-state index contributed by atoms with van der Waals surface area (Å²) in [6, 6.07) is 35.7. The molecule has 14 heteroatoms. The van der Waals surface area contributed by atoms with Crippen molar-refractivity contribution in [2.45, 2.75) is 13.1 Å². The quantitative estimate of drug-likeness (QED) is 0.0747. The van der Waals surface area contributed by atoms with Crippen LogP contribution in [0.4, 0.5) is 20.2 Å². The number of nitrogen functional groups attached to an aromatic ring is 1. The first-order valence-corrected chi connectivity index (χ1v) is 18.3. The molecule has 2 heterocycles. The molecule has 8 rings (SSSR count). The van der Waals surface area contributed by atoms with Crippen LogP contribution in [-0.2, 0) is 13.1 Å². The smallest absolute Gasteiger partial charge is 0.353 e. The Morgan fingerprint density at radius 3 is 1.62 bits per heavy atom. The van der Waals surface area contributed by atoms with Crippen LogP contribution >= 0.6 is 23.2 Å². The number of benzene rings is 6. The van der Waals surface area contributed by atoms with E-state index >= 15 is 0 Å². The molecule has 1 amide bonds. The molecule has 290 valence electrons. The van der Waals surface area contributed by atoms with Crippen molar-refractivity contribution in [1.82, 2.24) is 9.13 Å². The molecule has 0 spiro atoms. The molecule has 0 aliphatic heterocycles. The number of aromatic carboxylic acids is 1. The van der Waals surface area contributed by atoms with Crippen LogP contribution in [0.1, 0.15) is 32.1 Å². The van der Waals surface area contributed by atoms with Gasteiger partial charge in [-0.15, -0.1) is 0 Å². The van der Waals surface area contributed by atoms with Crippen LogP contribution in [0.2, 0.25) is 10.0 Å². The standard InChI is InChI=1S/C22H17ClFN3O.C22H14ClFN2O4/c23-14-8-9-19-17(11-14)20(16-6-1-2-7-18(16)24)21(22(26)28)27(19)12-13-4-3-5-15(25)10-13;23-14-8-9-19-17(11-14)20(16-6-1-2-7-18(16)24)21(22(27)28)25(19)12-13-4-3-5-15(10-13)26(29)30/h1-11H,12,25H2,(H2,26,28);1-11H,12H2,(H,27,28). The monoisotopic (exact) mass is 817 g/mol. The summed E-state index contributed by atoms with van der Waals surface area (Å²) in [6.45, 7) is 0.409. The first-order valence-electron chi connectivity index (χ1n) is 17.6. The Labute approximate surface area is 339 Å². The molecule has 10 nitrogen and oxygen atoms in total. The van der Waals surface area contributed by atoms with E-state index in [2.05, 4.69) is 0 Å². The van der Waals surface area contributed by atoms with Gasteiger partial charge in [0.15, 0.2) is 0 Å². The molecule has 0 fully saturated rings. The van der Waals surface area contributed by atoms with Crippen LogP contribution in [-0.4, -0.2) is 31.0 Å². The van der Waals surface area contributed by atoms with E-state index in [-0.39, 0.29) is 34.7 Å². The van der Waals surface area contributed by atoms with Crippen LogP contribution in [0.15, 0.2) is 133 Å². The zero-order chi connectivity index (χ0) is 41.2. The highest BCUT2D eigenvalue weighted by Crippen LogP contribution is 2.40. The molecule has 0 saturated heterocycles. The van der Waals surface area contributed by atoms with E-state index in [1.807, 2.05) is 18.2 Å². The highest BCUT2D eigenvalue weighted by atomic mass is 35.5. The van der Waals surface area contributed by atoms with Gasteiger partial charge >= 0.3 is 5.97 Å². The lowest BCUT2D eigenvalue weighted by Crippen LogP contribution is -2.18. The summed E-state index contributed by atoms with van der Waals surface area (Å²) in [5.41, 5.74) is 16.1. The second-order valence-corrected chi connectivity index (χ2v) is 14.1. The van der Waals surface area contributed by atoms with Gasteiger partial charge in [-0.3, -0.25) is 14.9 Å². The minimum atomic E-state index is -1.24. The van der Waals surface area contributed by atoms with Crippen molar-refractivity contribution >= 4 is 68.3 Å². The average molecular weight is 819 g/mol. The van der Waals surface area contributed by atoms with E-state index in [9.17, 15) is 33.6 Å². The van der Waals surface area contributed by atoms with Crippen LogP contribution in [0.25, 0.3) is 44.1 Å². The number of non-ortho nitro benzene ring substituents is 1. The third-order valence-corrected chi connectivity index (χ3v) is 10.00. The Kier molecular flexibility index (Phi) is 11.0. The maximum absolute atomic E-state index is 14.6. The number of nitro groups is 1. The van der Waals surface area contributed by atoms with E-state index in [1.54, 1.807) is 77.4 Å². The van der Waals surface area contributed by atoms with Crippen molar-refractivity contribution in [1.29, 1.82) is 0 Å². The lowest BCUT2D eigenvalue weighted by molar-refractivity contribution is -0.384. The normalized spacial score (nSPS) is 11.0. The highest BCUT2D eigenvalue weighted by molar-refractivity contribution is 6.32. The summed E-state index contributed by atoms with van der Waals surface area (Å²) in [5.74, 6) is -2.89. The van der Waals surface area contributed by atoms with Gasteiger partial charge in [0.2, 0.25) is 0 Å². The zero-order valence-electron chi connectivity index (χ0n) is 30.2. The topological polar surface area (TPSA) is 159 Å². The molecule has 2 aromatic heterocycles. The van der Waals surface area contributed by atoms with E-state index in [0.29, 0.717) is 55.3 Å². The number of carboxylic acids is 1. The summed E-state index contributed by atoms with van der Waals surface area (Å²) >= 11 is 12.4. The third-order valence-electron chi connectivity index (χ3n) is 9.53. The molecule has 0 unspecified atom stereocenters. The number of nitrogens with zero attached hydrogens (tertiary/aromatic N) is 3. The van der Waals surface area contributed by atoms with Crippen molar-refractivity contribution in [2.75, 3.05) is 5.73 Å². The van der Waals surface area contributed by atoms with Gasteiger partial charge in [-0.2, -0.15) is 0 Å². The number of carbonyl (C=O) groups excluding carboxylic acids is 1. The molecular weight excluding hydrogens is 787 g/mol. The third kappa shape index (κ3) is 7.70. The van der Waals surface area contributed by atoms with Gasteiger partial charge in [-0.05, 0) is 71.8 Å². The average Bonchev–Trinajstić information content (AvgIpc) is 3.67. The lowest BCUT2D eigenvalue weighted by atomic mass is 10.0. The fraction of sp³-hybridized carbons (Fsp3) is 0.0455. The molecule has 0 aliphatic carbocycles. The largest absolute Gasteiger partial charge is 0.477 e. The molecule has 0 saturated carbocycles. The number of amides is 1. The number of carbonyl (C=O) groups is 2.